The van der Waals surface area contributed by atoms with Crippen LogP contribution in [0.2, 0.25) is 0 Å². The van der Waals surface area contributed by atoms with Gasteiger partial charge in [-0.15, -0.1) is 0 Å². The van der Waals surface area contributed by atoms with Crippen LogP contribution in [0, 0.1) is 17.2 Å². The second-order valence-electron chi connectivity index (χ2n) is 8.11. The van der Waals surface area contributed by atoms with Crippen LogP contribution in [-0.2, 0) is 4.79 Å². The lowest BCUT2D eigenvalue weighted by molar-refractivity contribution is -0.122. The topological polar surface area (TPSA) is 80.5 Å². The third-order valence-electron chi connectivity index (χ3n) is 6.13. The van der Waals surface area contributed by atoms with E-state index in [0.717, 1.165) is 44.3 Å². The van der Waals surface area contributed by atoms with E-state index in [1.807, 2.05) is 6.92 Å². The van der Waals surface area contributed by atoms with Gasteiger partial charge in [-0.1, -0.05) is 35.9 Å². The molecule has 0 spiro atoms. The number of likely N-dealkylation sites (tertiary alicyclic amines) is 1. The van der Waals surface area contributed by atoms with Crippen molar-refractivity contribution in [1.82, 2.24) is 15.5 Å². The molecule has 4 rings (SSSR count). The van der Waals surface area contributed by atoms with E-state index in [9.17, 15) is 10.1 Å². The van der Waals surface area contributed by atoms with Crippen molar-refractivity contribution in [3.8, 4) is 6.07 Å². The molecule has 0 bridgehead atoms. The van der Waals surface area contributed by atoms with Gasteiger partial charge in [0.1, 0.15) is 11.6 Å². The first-order valence-electron chi connectivity index (χ1n) is 10.3. The molecule has 0 aromatic heterocycles. The highest BCUT2D eigenvalue weighted by molar-refractivity contribution is 6.26. The van der Waals surface area contributed by atoms with E-state index in [-0.39, 0.29) is 17.9 Å². The zero-order valence-corrected chi connectivity index (χ0v) is 17.3. The highest BCUT2D eigenvalue weighted by Gasteiger charge is 2.41. The molecule has 6 nitrogen and oxygen atoms in total. The number of halogens is 1. The summed E-state index contributed by atoms with van der Waals surface area (Å²) in [5.74, 6) is 0.861. The second kappa shape index (κ2) is 8.17. The molecule has 0 radical (unpaired) electrons. The van der Waals surface area contributed by atoms with Gasteiger partial charge in [0.05, 0.1) is 12.4 Å². The number of hydrogen-bond acceptors (Lipinski definition) is 5. The third kappa shape index (κ3) is 4.17. The Balaban J connectivity index is 1.35. The number of aliphatic imine (C=N–C) groups is 1. The molecule has 1 aromatic carbocycles. The molecule has 2 heterocycles. The number of alkyl halides is 1. The molecule has 1 amide bonds. The Bertz CT molecular complexity index is 862. The molecule has 1 saturated carbocycles. The Kier molecular flexibility index (Phi) is 5.62. The van der Waals surface area contributed by atoms with E-state index in [2.05, 4.69) is 50.9 Å². The van der Waals surface area contributed by atoms with Crippen molar-refractivity contribution in [1.29, 1.82) is 5.26 Å². The summed E-state index contributed by atoms with van der Waals surface area (Å²) in [6.07, 6.45) is 7.13. The van der Waals surface area contributed by atoms with Crippen LogP contribution < -0.4 is 10.6 Å². The van der Waals surface area contributed by atoms with E-state index in [4.69, 9.17) is 11.6 Å². The van der Waals surface area contributed by atoms with Gasteiger partial charge in [-0.3, -0.25) is 9.69 Å². The SMILES string of the molecule is C[C@H](NC(=O)C1CC1)c1ccc(C2CCN(C3(Cl)N=CNC=C3C#N)CC2)cc1. The number of hydrogen-bond donors (Lipinski definition) is 2. The summed E-state index contributed by atoms with van der Waals surface area (Å²) < 4.78 is 0. The summed E-state index contributed by atoms with van der Waals surface area (Å²) in [4.78, 5) is 18.4. The minimum absolute atomic E-state index is 0.0315. The summed E-state index contributed by atoms with van der Waals surface area (Å²) in [6.45, 7) is 3.59. The molecule has 1 aliphatic carbocycles. The van der Waals surface area contributed by atoms with Gasteiger partial charge < -0.3 is 10.6 Å². The fourth-order valence-corrected chi connectivity index (χ4v) is 4.40. The van der Waals surface area contributed by atoms with E-state index in [1.54, 1.807) is 12.5 Å². The van der Waals surface area contributed by atoms with Crippen LogP contribution in [0.15, 0.2) is 41.0 Å². The van der Waals surface area contributed by atoms with Crippen molar-refractivity contribution in [2.75, 3.05) is 13.1 Å². The lowest BCUT2D eigenvalue weighted by Crippen LogP contribution is -2.49. The molecule has 2 aliphatic heterocycles. The van der Waals surface area contributed by atoms with Crippen molar-refractivity contribution in [3.05, 3.63) is 47.2 Å². The minimum Gasteiger partial charge on any atom is -0.352 e. The van der Waals surface area contributed by atoms with Crippen molar-refractivity contribution in [2.24, 2.45) is 10.9 Å². The van der Waals surface area contributed by atoms with Crippen LogP contribution in [0.25, 0.3) is 0 Å². The number of rotatable bonds is 5. The lowest BCUT2D eigenvalue weighted by Gasteiger charge is -2.41. The van der Waals surface area contributed by atoms with Crippen LogP contribution in [0.1, 0.15) is 55.7 Å². The number of carbonyl (C=O) groups is 1. The standard InChI is InChI=1S/C22H26ClN5O/c1-15(27-21(29)19-6-7-19)16-2-4-17(5-3-16)18-8-10-28(11-9-18)22(23)20(12-24)13-25-14-26-22/h2-5,13-15,18-19H,6-11H2,1H3,(H,25,26)(H,27,29)/t15-,22?/m0/s1. The Morgan fingerprint density at radius 1 is 1.31 bits per heavy atom. The summed E-state index contributed by atoms with van der Waals surface area (Å²) in [7, 11) is 0. The maximum Gasteiger partial charge on any atom is 0.227 e. The van der Waals surface area contributed by atoms with Gasteiger partial charge in [-0.2, -0.15) is 5.26 Å². The van der Waals surface area contributed by atoms with Crippen molar-refractivity contribution >= 4 is 23.8 Å². The summed E-state index contributed by atoms with van der Waals surface area (Å²) in [5, 5.41) is 14.2. The van der Waals surface area contributed by atoms with Crippen LogP contribution in [0.5, 0.6) is 0 Å². The monoisotopic (exact) mass is 411 g/mol. The molecular weight excluding hydrogens is 386 g/mol. The van der Waals surface area contributed by atoms with Crippen LogP contribution in [0.3, 0.4) is 0 Å². The molecule has 2 N–H and O–H groups in total. The molecular formula is C22H26ClN5O. The van der Waals surface area contributed by atoms with E-state index in [0.29, 0.717) is 11.5 Å². The summed E-state index contributed by atoms with van der Waals surface area (Å²) in [5.41, 5.74) is 2.86. The first-order chi connectivity index (χ1) is 14.0. The Hall–Kier alpha value is -2.36. The molecule has 1 aromatic rings. The van der Waals surface area contributed by atoms with Gasteiger partial charge in [0, 0.05) is 25.2 Å². The highest BCUT2D eigenvalue weighted by atomic mass is 35.5. The van der Waals surface area contributed by atoms with Crippen molar-refractivity contribution in [2.45, 2.75) is 49.7 Å². The molecule has 2 fully saturated rings. The first-order valence-corrected chi connectivity index (χ1v) is 10.6. The number of nitrogens with one attached hydrogen (secondary N) is 2. The Morgan fingerprint density at radius 2 is 2.00 bits per heavy atom. The largest absolute Gasteiger partial charge is 0.352 e. The Labute approximate surface area is 176 Å². The molecule has 7 heteroatoms. The van der Waals surface area contributed by atoms with E-state index < -0.39 is 5.12 Å². The van der Waals surface area contributed by atoms with Gasteiger partial charge in [0.15, 0.2) is 0 Å². The average Bonchev–Trinajstić information content (AvgIpc) is 3.60. The average molecular weight is 412 g/mol. The van der Waals surface area contributed by atoms with Crippen LogP contribution in [0.4, 0.5) is 0 Å². The third-order valence-corrected chi connectivity index (χ3v) is 6.67. The fraction of sp³-hybridized carbons (Fsp3) is 0.500. The van der Waals surface area contributed by atoms with Crippen LogP contribution in [-0.4, -0.2) is 35.4 Å². The number of nitriles is 1. The molecule has 2 atom stereocenters. The van der Waals surface area contributed by atoms with E-state index in [1.165, 1.54) is 5.56 Å². The zero-order chi connectivity index (χ0) is 20.4. The highest BCUT2D eigenvalue weighted by Crippen LogP contribution is 2.38. The van der Waals surface area contributed by atoms with Crippen molar-refractivity contribution in [3.63, 3.8) is 0 Å². The van der Waals surface area contributed by atoms with E-state index >= 15 is 0 Å². The van der Waals surface area contributed by atoms with Gasteiger partial charge >= 0.3 is 0 Å². The maximum absolute atomic E-state index is 12.0. The molecule has 152 valence electrons. The summed E-state index contributed by atoms with van der Waals surface area (Å²) >= 11 is 6.70. The maximum atomic E-state index is 12.0. The minimum atomic E-state index is -1.09. The number of carbonyl (C=O) groups excluding carboxylic acids is 1. The van der Waals surface area contributed by atoms with Gasteiger partial charge in [-0.05, 0) is 49.7 Å². The van der Waals surface area contributed by atoms with Gasteiger partial charge in [0.2, 0.25) is 11.0 Å². The quantitative estimate of drug-likeness (QED) is 0.575. The second-order valence-corrected chi connectivity index (χ2v) is 8.64. The Morgan fingerprint density at radius 3 is 2.62 bits per heavy atom. The number of nitrogens with zero attached hydrogens (tertiary/aromatic N) is 3. The number of amides is 1. The molecule has 3 aliphatic rings. The van der Waals surface area contributed by atoms with Gasteiger partial charge in [-0.25, -0.2) is 4.99 Å². The smallest absolute Gasteiger partial charge is 0.227 e. The fourth-order valence-electron chi connectivity index (χ4n) is 4.09. The van der Waals surface area contributed by atoms with Crippen LogP contribution >= 0.6 is 11.6 Å². The molecule has 1 saturated heterocycles. The van der Waals surface area contributed by atoms with Crippen molar-refractivity contribution < 1.29 is 4.79 Å². The first kappa shape index (κ1) is 19.9. The predicted molar refractivity (Wildman–Crippen MR) is 113 cm³/mol. The normalized spacial score (nSPS) is 26.2. The molecule has 29 heavy (non-hydrogen) atoms. The predicted octanol–water partition coefficient (Wildman–Crippen LogP) is 3.38. The number of benzene rings is 1. The molecule has 1 unspecified atom stereocenters. The number of piperidine rings is 1. The zero-order valence-electron chi connectivity index (χ0n) is 16.6. The lowest BCUT2D eigenvalue weighted by atomic mass is 9.88. The summed E-state index contributed by atoms with van der Waals surface area (Å²) in [6, 6.07) is 10.8. The van der Waals surface area contributed by atoms with Gasteiger partial charge in [0.25, 0.3) is 0 Å².